The Bertz CT molecular complexity index is 585. The van der Waals surface area contributed by atoms with Crippen LogP contribution in [0.15, 0.2) is 12.4 Å². The molecule has 2 aromatic rings. The fraction of sp³-hybridized carbons (Fsp3) is 0.500. The van der Waals surface area contributed by atoms with Crippen molar-refractivity contribution in [3.63, 3.8) is 0 Å². The van der Waals surface area contributed by atoms with Gasteiger partial charge in [-0.3, -0.25) is 9.48 Å². The SMILES string of the molecule is Cc1nc(C)c(C(=O)N2CC(Cn3ccnn3)C2)s1. The third-order valence-corrected chi connectivity index (χ3v) is 4.32. The highest BCUT2D eigenvalue weighted by Crippen LogP contribution is 2.24. The zero-order valence-corrected chi connectivity index (χ0v) is 11.7. The van der Waals surface area contributed by atoms with Crippen molar-refractivity contribution >= 4 is 17.2 Å². The van der Waals surface area contributed by atoms with Crippen molar-refractivity contribution in [1.29, 1.82) is 0 Å². The topological polar surface area (TPSA) is 63.9 Å². The van der Waals surface area contributed by atoms with Crippen LogP contribution in [0.5, 0.6) is 0 Å². The second-order valence-electron chi connectivity index (χ2n) is 4.85. The van der Waals surface area contributed by atoms with Crippen molar-refractivity contribution in [3.05, 3.63) is 28.0 Å². The maximum absolute atomic E-state index is 12.3. The lowest BCUT2D eigenvalue weighted by Crippen LogP contribution is -2.51. The van der Waals surface area contributed by atoms with Crippen LogP contribution in [0.25, 0.3) is 0 Å². The van der Waals surface area contributed by atoms with Gasteiger partial charge in [0.15, 0.2) is 0 Å². The second kappa shape index (κ2) is 4.73. The Labute approximate surface area is 115 Å². The van der Waals surface area contributed by atoms with Gasteiger partial charge in [-0.2, -0.15) is 0 Å². The first kappa shape index (κ1) is 12.3. The van der Waals surface area contributed by atoms with Crippen LogP contribution in [0.1, 0.15) is 20.4 Å². The van der Waals surface area contributed by atoms with Gasteiger partial charge in [0.05, 0.1) is 16.9 Å². The van der Waals surface area contributed by atoms with Crippen LogP contribution in [0.2, 0.25) is 0 Å². The molecule has 0 unspecified atom stereocenters. The van der Waals surface area contributed by atoms with Crippen LogP contribution in [0, 0.1) is 19.8 Å². The first-order valence-electron chi connectivity index (χ1n) is 6.21. The molecule has 0 N–H and O–H groups in total. The van der Waals surface area contributed by atoms with E-state index in [1.807, 2.05) is 29.6 Å². The maximum atomic E-state index is 12.3. The predicted octanol–water partition coefficient (Wildman–Crippen LogP) is 1.12. The van der Waals surface area contributed by atoms with E-state index in [2.05, 4.69) is 15.3 Å². The van der Waals surface area contributed by atoms with Crippen LogP contribution in [-0.4, -0.2) is 43.9 Å². The fourth-order valence-corrected chi connectivity index (χ4v) is 3.21. The maximum Gasteiger partial charge on any atom is 0.265 e. The Morgan fingerprint density at radius 1 is 1.47 bits per heavy atom. The molecule has 0 bridgehead atoms. The molecule has 1 amide bonds. The number of aryl methyl sites for hydroxylation is 2. The van der Waals surface area contributed by atoms with Gasteiger partial charge in [0.2, 0.25) is 0 Å². The van der Waals surface area contributed by atoms with Gasteiger partial charge in [0, 0.05) is 31.7 Å². The number of nitrogens with zero attached hydrogens (tertiary/aromatic N) is 5. The fourth-order valence-electron chi connectivity index (χ4n) is 2.32. The van der Waals surface area contributed by atoms with Gasteiger partial charge >= 0.3 is 0 Å². The second-order valence-corrected chi connectivity index (χ2v) is 6.05. The summed E-state index contributed by atoms with van der Waals surface area (Å²) in [7, 11) is 0. The van der Waals surface area contributed by atoms with Gasteiger partial charge in [-0.1, -0.05) is 5.21 Å². The van der Waals surface area contributed by atoms with E-state index >= 15 is 0 Å². The summed E-state index contributed by atoms with van der Waals surface area (Å²) in [6.45, 7) is 6.22. The molecule has 6 nitrogen and oxygen atoms in total. The molecule has 100 valence electrons. The van der Waals surface area contributed by atoms with Gasteiger partial charge in [0.1, 0.15) is 4.88 Å². The van der Waals surface area contributed by atoms with Crippen molar-refractivity contribution in [2.24, 2.45) is 5.92 Å². The van der Waals surface area contributed by atoms with Gasteiger partial charge in [-0.25, -0.2) is 4.98 Å². The summed E-state index contributed by atoms with van der Waals surface area (Å²) in [5.74, 6) is 0.581. The number of thiazole rings is 1. The summed E-state index contributed by atoms with van der Waals surface area (Å²) in [6, 6.07) is 0. The zero-order chi connectivity index (χ0) is 13.4. The number of carbonyl (C=O) groups is 1. The molecule has 3 rings (SSSR count). The Morgan fingerprint density at radius 3 is 2.84 bits per heavy atom. The van der Waals surface area contributed by atoms with Crippen LogP contribution < -0.4 is 0 Å². The van der Waals surface area contributed by atoms with Gasteiger partial charge in [-0.05, 0) is 13.8 Å². The van der Waals surface area contributed by atoms with E-state index in [0.717, 1.165) is 35.2 Å². The Balaban J connectivity index is 1.58. The van der Waals surface area contributed by atoms with Crippen molar-refractivity contribution in [3.8, 4) is 0 Å². The zero-order valence-electron chi connectivity index (χ0n) is 10.9. The number of aromatic nitrogens is 4. The molecule has 2 aromatic heterocycles. The highest BCUT2D eigenvalue weighted by molar-refractivity contribution is 7.13. The first-order valence-corrected chi connectivity index (χ1v) is 7.02. The number of carbonyl (C=O) groups excluding carboxylic acids is 1. The summed E-state index contributed by atoms with van der Waals surface area (Å²) >= 11 is 1.48. The van der Waals surface area contributed by atoms with Crippen molar-refractivity contribution < 1.29 is 4.79 Å². The van der Waals surface area contributed by atoms with E-state index in [-0.39, 0.29) is 5.91 Å². The molecule has 1 saturated heterocycles. The van der Waals surface area contributed by atoms with E-state index in [0.29, 0.717) is 5.92 Å². The lowest BCUT2D eigenvalue weighted by atomic mass is 10.00. The number of hydrogen-bond donors (Lipinski definition) is 0. The smallest absolute Gasteiger partial charge is 0.265 e. The summed E-state index contributed by atoms with van der Waals surface area (Å²) in [4.78, 5) is 19.2. The molecule has 1 fully saturated rings. The Kier molecular flexibility index (Phi) is 3.06. The minimum absolute atomic E-state index is 0.109. The van der Waals surface area contributed by atoms with Crippen LogP contribution >= 0.6 is 11.3 Å². The van der Waals surface area contributed by atoms with Gasteiger partial charge in [-0.15, -0.1) is 16.4 Å². The summed E-state index contributed by atoms with van der Waals surface area (Å²) in [5.41, 5.74) is 0.840. The lowest BCUT2D eigenvalue weighted by molar-refractivity contribution is 0.0464. The molecular formula is C12H15N5OS. The summed E-state index contributed by atoms with van der Waals surface area (Å²) in [5, 5.41) is 8.66. The highest BCUT2D eigenvalue weighted by Gasteiger charge is 2.33. The third kappa shape index (κ3) is 2.37. The molecule has 3 heterocycles. The molecule has 0 atom stereocenters. The van der Waals surface area contributed by atoms with E-state index in [9.17, 15) is 4.79 Å². The van der Waals surface area contributed by atoms with Crippen LogP contribution in [-0.2, 0) is 6.54 Å². The molecule has 0 saturated carbocycles. The van der Waals surface area contributed by atoms with Crippen molar-refractivity contribution in [2.45, 2.75) is 20.4 Å². The monoisotopic (exact) mass is 277 g/mol. The van der Waals surface area contributed by atoms with Crippen molar-refractivity contribution in [2.75, 3.05) is 13.1 Å². The normalized spacial score (nSPS) is 15.6. The quantitative estimate of drug-likeness (QED) is 0.843. The average Bonchev–Trinajstić information content (AvgIpc) is 2.92. The predicted molar refractivity (Wildman–Crippen MR) is 71.0 cm³/mol. The third-order valence-electron chi connectivity index (χ3n) is 3.26. The minimum Gasteiger partial charge on any atom is -0.337 e. The summed E-state index contributed by atoms with van der Waals surface area (Å²) in [6.07, 6.45) is 3.52. The van der Waals surface area contributed by atoms with Crippen LogP contribution in [0.3, 0.4) is 0 Å². The Morgan fingerprint density at radius 2 is 2.26 bits per heavy atom. The van der Waals surface area contributed by atoms with E-state index in [1.165, 1.54) is 11.3 Å². The number of amides is 1. The van der Waals surface area contributed by atoms with E-state index in [4.69, 9.17) is 0 Å². The van der Waals surface area contributed by atoms with E-state index in [1.54, 1.807) is 6.20 Å². The molecule has 1 aliphatic rings. The minimum atomic E-state index is 0.109. The molecule has 0 aromatic carbocycles. The lowest BCUT2D eigenvalue weighted by Gasteiger charge is -2.38. The number of likely N-dealkylation sites (tertiary alicyclic amines) is 1. The molecule has 19 heavy (non-hydrogen) atoms. The molecule has 1 aliphatic heterocycles. The number of hydrogen-bond acceptors (Lipinski definition) is 5. The number of rotatable bonds is 3. The highest BCUT2D eigenvalue weighted by atomic mass is 32.1. The van der Waals surface area contributed by atoms with Crippen molar-refractivity contribution in [1.82, 2.24) is 24.9 Å². The van der Waals surface area contributed by atoms with Gasteiger partial charge < -0.3 is 4.90 Å². The standard InChI is InChI=1S/C12H15N5OS/c1-8-11(19-9(2)14-8)12(18)16-5-10(6-16)7-17-4-3-13-15-17/h3-4,10H,5-7H2,1-2H3. The molecule has 7 heteroatoms. The largest absolute Gasteiger partial charge is 0.337 e. The molecule has 0 aliphatic carbocycles. The molecular weight excluding hydrogens is 262 g/mol. The summed E-state index contributed by atoms with van der Waals surface area (Å²) < 4.78 is 1.81. The van der Waals surface area contributed by atoms with Gasteiger partial charge in [0.25, 0.3) is 5.91 Å². The average molecular weight is 277 g/mol. The Hall–Kier alpha value is -1.76. The first-order chi connectivity index (χ1) is 9.13. The molecule has 0 spiro atoms. The molecule has 0 radical (unpaired) electrons. The van der Waals surface area contributed by atoms with Crippen LogP contribution in [0.4, 0.5) is 0 Å². The van der Waals surface area contributed by atoms with E-state index < -0.39 is 0 Å².